The number of rotatable bonds is 2. The van der Waals surface area contributed by atoms with Gasteiger partial charge in [-0.2, -0.15) is 10.1 Å². The van der Waals surface area contributed by atoms with Crippen molar-refractivity contribution in [2.75, 3.05) is 5.32 Å². The van der Waals surface area contributed by atoms with Gasteiger partial charge in [-0.3, -0.25) is 0 Å². The maximum Gasteiger partial charge on any atom is 0.226 e. The Hall–Kier alpha value is -3.57. The molecule has 2 aliphatic heterocycles. The van der Waals surface area contributed by atoms with E-state index in [2.05, 4.69) is 52.7 Å². The number of benzene rings is 3. The number of hydrogen-bond donors (Lipinski definition) is 1. The van der Waals surface area contributed by atoms with Crippen LogP contribution in [0.4, 0.5) is 5.95 Å². The van der Waals surface area contributed by atoms with Gasteiger partial charge < -0.3 is 10.1 Å². The Kier molecular flexibility index (Phi) is 4.11. The van der Waals surface area contributed by atoms with Gasteiger partial charge in [0.25, 0.3) is 0 Å². The molecule has 0 unspecified atom stereocenters. The van der Waals surface area contributed by atoms with Crippen molar-refractivity contribution in [3.05, 3.63) is 112 Å². The molecule has 6 rings (SSSR count). The largest absolute Gasteiger partial charge is 0.480 e. The van der Waals surface area contributed by atoms with Crippen molar-refractivity contribution in [3.8, 4) is 5.75 Å². The molecule has 152 valence electrons. The van der Waals surface area contributed by atoms with E-state index in [-0.39, 0.29) is 12.1 Å². The summed E-state index contributed by atoms with van der Waals surface area (Å²) in [6, 6.07) is 24.3. The first-order valence-corrected chi connectivity index (χ1v) is 10.6. The number of fused-ring (bicyclic) bond motifs is 3. The number of para-hydroxylation sites is 1. The Morgan fingerprint density at radius 3 is 2.58 bits per heavy atom. The molecule has 4 aromatic rings. The van der Waals surface area contributed by atoms with Crippen molar-refractivity contribution in [1.29, 1.82) is 0 Å². The van der Waals surface area contributed by atoms with Crippen LogP contribution in [-0.4, -0.2) is 14.8 Å². The second kappa shape index (κ2) is 7.00. The standard InChI is InChI=1S/C25H19ClN4O/c1-15-10-12-16(13-11-15)23-21-22(29-25-27-14-28-30(23)25)18-7-3-5-9-20(18)31-24(21)17-6-2-4-8-19(17)26/h2-14,23-24H,1H3,(H,27,28,29)/t23-,24-/m1/s1. The van der Waals surface area contributed by atoms with Crippen LogP contribution < -0.4 is 10.1 Å². The van der Waals surface area contributed by atoms with E-state index in [0.29, 0.717) is 11.0 Å². The summed E-state index contributed by atoms with van der Waals surface area (Å²) in [6.07, 6.45) is 1.22. The zero-order valence-corrected chi connectivity index (χ0v) is 17.5. The lowest BCUT2D eigenvalue weighted by molar-refractivity contribution is 0.223. The molecule has 0 amide bonds. The van der Waals surface area contributed by atoms with Crippen molar-refractivity contribution < 1.29 is 4.74 Å². The van der Waals surface area contributed by atoms with Gasteiger partial charge in [0.1, 0.15) is 18.1 Å². The highest BCUT2D eigenvalue weighted by Crippen LogP contribution is 2.51. The van der Waals surface area contributed by atoms with Crippen molar-refractivity contribution >= 4 is 23.2 Å². The summed E-state index contributed by atoms with van der Waals surface area (Å²) < 4.78 is 8.51. The molecular weight excluding hydrogens is 408 g/mol. The highest BCUT2D eigenvalue weighted by atomic mass is 35.5. The summed E-state index contributed by atoms with van der Waals surface area (Å²) in [4.78, 5) is 4.47. The minimum absolute atomic E-state index is 0.177. The number of aromatic nitrogens is 3. The van der Waals surface area contributed by atoms with E-state index in [0.717, 1.165) is 33.7 Å². The number of aryl methyl sites for hydroxylation is 1. The molecule has 0 fully saturated rings. The van der Waals surface area contributed by atoms with E-state index in [9.17, 15) is 0 Å². The van der Waals surface area contributed by atoms with Crippen LogP contribution in [0.5, 0.6) is 5.75 Å². The lowest BCUT2D eigenvalue weighted by Crippen LogP contribution is -2.32. The molecule has 6 heteroatoms. The smallest absolute Gasteiger partial charge is 0.226 e. The summed E-state index contributed by atoms with van der Waals surface area (Å²) in [7, 11) is 0. The molecule has 3 aromatic carbocycles. The Morgan fingerprint density at radius 1 is 0.968 bits per heavy atom. The average molecular weight is 427 g/mol. The monoisotopic (exact) mass is 426 g/mol. The van der Waals surface area contributed by atoms with Crippen LogP contribution in [0, 0.1) is 6.92 Å². The normalized spacial score (nSPS) is 19.0. The van der Waals surface area contributed by atoms with Gasteiger partial charge in [-0.05, 0) is 30.7 Å². The minimum Gasteiger partial charge on any atom is -0.480 e. The fraction of sp³-hybridized carbons (Fsp3) is 0.120. The van der Waals surface area contributed by atoms with Crippen molar-refractivity contribution in [2.24, 2.45) is 0 Å². The molecule has 0 saturated carbocycles. The SMILES string of the molecule is Cc1ccc([C@@H]2C3=C(Nc4ncnn42)c2ccccc2O[C@@H]3c2ccccc2Cl)cc1. The maximum atomic E-state index is 6.65. The first-order chi connectivity index (χ1) is 15.2. The highest BCUT2D eigenvalue weighted by Gasteiger charge is 2.41. The summed E-state index contributed by atoms with van der Waals surface area (Å²) in [5.74, 6) is 1.52. The predicted molar refractivity (Wildman–Crippen MR) is 121 cm³/mol. The number of nitrogens with zero attached hydrogens (tertiary/aromatic N) is 3. The summed E-state index contributed by atoms with van der Waals surface area (Å²) >= 11 is 6.65. The van der Waals surface area contributed by atoms with Gasteiger partial charge in [-0.25, -0.2) is 4.68 Å². The van der Waals surface area contributed by atoms with Crippen LogP contribution in [0.2, 0.25) is 5.02 Å². The van der Waals surface area contributed by atoms with Crippen LogP contribution >= 0.6 is 11.6 Å². The fourth-order valence-electron chi connectivity index (χ4n) is 4.43. The van der Waals surface area contributed by atoms with E-state index in [1.54, 1.807) is 6.33 Å². The lowest BCUT2D eigenvalue weighted by Gasteiger charge is -2.39. The highest BCUT2D eigenvalue weighted by molar-refractivity contribution is 6.31. The number of halogens is 1. The van der Waals surface area contributed by atoms with Crippen molar-refractivity contribution in [3.63, 3.8) is 0 Å². The Bertz CT molecular complexity index is 1330. The van der Waals surface area contributed by atoms with Gasteiger partial charge in [-0.1, -0.05) is 71.8 Å². The first-order valence-electron chi connectivity index (χ1n) is 10.2. The topological polar surface area (TPSA) is 52.0 Å². The van der Waals surface area contributed by atoms with Crippen molar-refractivity contribution in [2.45, 2.75) is 19.1 Å². The van der Waals surface area contributed by atoms with E-state index < -0.39 is 0 Å². The lowest BCUT2D eigenvalue weighted by atomic mass is 9.84. The minimum atomic E-state index is -0.366. The quantitative estimate of drug-likeness (QED) is 0.440. The molecule has 1 aromatic heterocycles. The molecule has 0 spiro atoms. The number of nitrogens with one attached hydrogen (secondary N) is 1. The Balaban J connectivity index is 1.65. The van der Waals surface area contributed by atoms with Gasteiger partial charge in [0.15, 0.2) is 6.10 Å². The number of anilines is 1. The fourth-order valence-corrected chi connectivity index (χ4v) is 4.67. The third kappa shape index (κ3) is 2.85. The number of hydrogen-bond acceptors (Lipinski definition) is 4. The molecule has 2 aliphatic rings. The molecule has 0 bridgehead atoms. The van der Waals surface area contributed by atoms with E-state index in [1.165, 1.54) is 5.56 Å². The average Bonchev–Trinajstić information content (AvgIpc) is 3.27. The van der Waals surface area contributed by atoms with Crippen LogP contribution in [0.3, 0.4) is 0 Å². The van der Waals surface area contributed by atoms with Gasteiger partial charge in [0, 0.05) is 21.7 Å². The van der Waals surface area contributed by atoms with E-state index in [4.69, 9.17) is 16.3 Å². The first kappa shape index (κ1) is 18.2. The summed E-state index contributed by atoms with van der Waals surface area (Å²) in [5.41, 5.74) is 6.32. The summed E-state index contributed by atoms with van der Waals surface area (Å²) in [6.45, 7) is 2.09. The van der Waals surface area contributed by atoms with Crippen LogP contribution in [0.25, 0.3) is 5.70 Å². The van der Waals surface area contributed by atoms with Gasteiger partial charge >= 0.3 is 0 Å². The van der Waals surface area contributed by atoms with Crippen LogP contribution in [0.15, 0.2) is 84.7 Å². The molecule has 1 N–H and O–H groups in total. The zero-order valence-electron chi connectivity index (χ0n) is 16.8. The van der Waals surface area contributed by atoms with Gasteiger partial charge in [-0.15, -0.1) is 0 Å². The molecule has 31 heavy (non-hydrogen) atoms. The molecule has 2 atom stereocenters. The van der Waals surface area contributed by atoms with Crippen LogP contribution in [0.1, 0.15) is 34.4 Å². The molecule has 0 aliphatic carbocycles. The van der Waals surface area contributed by atoms with Gasteiger partial charge in [0.2, 0.25) is 5.95 Å². The second-order valence-corrected chi connectivity index (χ2v) is 8.22. The second-order valence-electron chi connectivity index (χ2n) is 7.81. The molecular formula is C25H19ClN4O. The Labute approximate surface area is 185 Å². The zero-order chi connectivity index (χ0) is 20.9. The molecule has 3 heterocycles. The predicted octanol–water partition coefficient (Wildman–Crippen LogP) is 5.80. The number of ether oxygens (including phenoxy) is 1. The van der Waals surface area contributed by atoms with Crippen molar-refractivity contribution in [1.82, 2.24) is 14.8 Å². The van der Waals surface area contributed by atoms with Gasteiger partial charge in [0.05, 0.1) is 5.70 Å². The Morgan fingerprint density at radius 2 is 1.74 bits per heavy atom. The molecule has 0 radical (unpaired) electrons. The molecule has 0 saturated heterocycles. The van der Waals surface area contributed by atoms with Crippen LogP contribution in [-0.2, 0) is 0 Å². The third-order valence-electron chi connectivity index (χ3n) is 5.90. The maximum absolute atomic E-state index is 6.65. The van der Waals surface area contributed by atoms with E-state index >= 15 is 0 Å². The molecule has 5 nitrogen and oxygen atoms in total. The third-order valence-corrected chi connectivity index (χ3v) is 6.25. The summed E-state index contributed by atoms with van der Waals surface area (Å²) in [5, 5.41) is 8.74. The van der Waals surface area contributed by atoms with E-state index in [1.807, 2.05) is 47.1 Å².